The largest absolute Gasteiger partial charge is 0.378 e. The normalized spacial score (nSPS) is 23.4. The van der Waals surface area contributed by atoms with Crippen LogP contribution in [-0.2, 0) is 19.6 Å². The van der Waals surface area contributed by atoms with Gasteiger partial charge >= 0.3 is 0 Å². The highest BCUT2D eigenvalue weighted by molar-refractivity contribution is 7.89. The Kier molecular flexibility index (Phi) is 5.29. The maximum Gasteiger partial charge on any atom is 0.244 e. The number of piperidine rings is 1. The molecular weight excluding hydrogens is 348 g/mol. The van der Waals surface area contributed by atoms with Gasteiger partial charge in [0.05, 0.1) is 24.0 Å². The van der Waals surface area contributed by atoms with E-state index < -0.39 is 10.0 Å². The molecule has 8 heteroatoms. The van der Waals surface area contributed by atoms with Crippen molar-refractivity contribution in [2.24, 2.45) is 5.92 Å². The number of amides is 1. The third-order valence-corrected chi connectivity index (χ3v) is 7.76. The molecule has 0 saturated carbocycles. The maximum absolute atomic E-state index is 13.0. The Morgan fingerprint density at radius 1 is 1.25 bits per heavy atom. The van der Waals surface area contributed by atoms with Gasteiger partial charge in [-0.3, -0.25) is 4.79 Å². The van der Waals surface area contributed by atoms with Crippen LogP contribution in [0.15, 0.2) is 11.0 Å². The first-order chi connectivity index (χ1) is 11.4. The fraction of sp³-hybridized carbons (Fsp3) is 0.688. The van der Waals surface area contributed by atoms with Crippen molar-refractivity contribution in [3.05, 3.63) is 15.8 Å². The van der Waals surface area contributed by atoms with Crippen molar-refractivity contribution in [3.8, 4) is 0 Å². The highest BCUT2D eigenvalue weighted by atomic mass is 32.2. The first-order valence-electron chi connectivity index (χ1n) is 8.33. The van der Waals surface area contributed by atoms with Crippen molar-refractivity contribution in [1.82, 2.24) is 9.21 Å². The monoisotopic (exact) mass is 372 g/mol. The molecule has 2 fully saturated rings. The average molecular weight is 373 g/mol. The number of rotatable bonds is 3. The molecule has 2 aliphatic heterocycles. The molecule has 0 aliphatic carbocycles. The zero-order chi connectivity index (χ0) is 17.3. The number of hydrogen-bond donors (Lipinski definition) is 0. The van der Waals surface area contributed by atoms with Crippen LogP contribution in [0, 0.1) is 19.8 Å². The third kappa shape index (κ3) is 3.51. The summed E-state index contributed by atoms with van der Waals surface area (Å²) < 4.78 is 32.7. The molecule has 0 spiro atoms. The smallest absolute Gasteiger partial charge is 0.244 e. The van der Waals surface area contributed by atoms with Gasteiger partial charge in [-0.05, 0) is 32.8 Å². The van der Waals surface area contributed by atoms with E-state index in [1.165, 1.54) is 15.6 Å². The third-order valence-electron chi connectivity index (χ3n) is 4.67. The van der Waals surface area contributed by atoms with E-state index in [-0.39, 0.29) is 18.4 Å². The zero-order valence-corrected chi connectivity index (χ0v) is 15.8. The van der Waals surface area contributed by atoms with Crippen molar-refractivity contribution >= 4 is 27.3 Å². The van der Waals surface area contributed by atoms with Crippen LogP contribution in [0.4, 0.5) is 0 Å². The summed E-state index contributed by atoms with van der Waals surface area (Å²) >= 11 is 1.50. The van der Waals surface area contributed by atoms with E-state index in [2.05, 4.69) is 0 Å². The van der Waals surface area contributed by atoms with Gasteiger partial charge in [-0.25, -0.2) is 8.42 Å². The number of hydrogen-bond acceptors (Lipinski definition) is 5. The standard InChI is InChI=1S/C16H24N2O4S2/c1-12-10-15(13(2)23-12)24(20,21)18-5-3-4-14(11-18)16(19)17-6-8-22-9-7-17/h10,14H,3-9,11H2,1-2H3. The van der Waals surface area contributed by atoms with Crippen molar-refractivity contribution in [2.45, 2.75) is 31.6 Å². The molecule has 0 aromatic carbocycles. The van der Waals surface area contributed by atoms with Crippen LogP contribution in [0.5, 0.6) is 0 Å². The number of thiophene rings is 1. The summed E-state index contributed by atoms with van der Waals surface area (Å²) in [5.41, 5.74) is 0. The van der Waals surface area contributed by atoms with Crippen molar-refractivity contribution < 1.29 is 17.9 Å². The van der Waals surface area contributed by atoms with E-state index in [1.54, 1.807) is 6.07 Å². The van der Waals surface area contributed by atoms with Gasteiger partial charge in [-0.15, -0.1) is 11.3 Å². The number of sulfonamides is 1. The predicted octanol–water partition coefficient (Wildman–Crippen LogP) is 1.62. The molecule has 2 aliphatic rings. The Hall–Kier alpha value is -0.960. The second-order valence-corrected chi connectivity index (χ2v) is 9.78. The molecule has 6 nitrogen and oxygen atoms in total. The second-order valence-electron chi connectivity index (χ2n) is 6.42. The van der Waals surface area contributed by atoms with Gasteiger partial charge in [0.2, 0.25) is 15.9 Å². The van der Waals surface area contributed by atoms with E-state index in [9.17, 15) is 13.2 Å². The van der Waals surface area contributed by atoms with Gasteiger partial charge in [-0.2, -0.15) is 4.31 Å². The van der Waals surface area contributed by atoms with Crippen LogP contribution < -0.4 is 0 Å². The Bertz CT molecular complexity index is 708. The van der Waals surface area contributed by atoms with Gasteiger partial charge < -0.3 is 9.64 Å². The maximum atomic E-state index is 13.0. The Balaban J connectivity index is 1.75. The lowest BCUT2D eigenvalue weighted by Gasteiger charge is -2.35. The molecule has 1 aromatic rings. The summed E-state index contributed by atoms with van der Waals surface area (Å²) in [5, 5.41) is 0. The van der Waals surface area contributed by atoms with Crippen LogP contribution in [0.2, 0.25) is 0 Å². The Morgan fingerprint density at radius 2 is 1.96 bits per heavy atom. The zero-order valence-electron chi connectivity index (χ0n) is 14.2. The van der Waals surface area contributed by atoms with Gasteiger partial charge in [0, 0.05) is 35.9 Å². The molecule has 3 rings (SSSR count). The minimum Gasteiger partial charge on any atom is -0.378 e. The number of morpholine rings is 1. The number of carbonyl (C=O) groups is 1. The molecule has 0 bridgehead atoms. The van der Waals surface area contributed by atoms with Gasteiger partial charge in [-0.1, -0.05) is 0 Å². The predicted molar refractivity (Wildman–Crippen MR) is 92.7 cm³/mol. The van der Waals surface area contributed by atoms with Gasteiger partial charge in [0.1, 0.15) is 0 Å². The van der Waals surface area contributed by atoms with E-state index in [4.69, 9.17) is 4.74 Å². The van der Waals surface area contributed by atoms with Crippen LogP contribution in [0.1, 0.15) is 22.6 Å². The van der Waals surface area contributed by atoms with Crippen LogP contribution >= 0.6 is 11.3 Å². The number of carbonyl (C=O) groups excluding carboxylic acids is 1. The topological polar surface area (TPSA) is 66.9 Å². The molecule has 0 radical (unpaired) electrons. The van der Waals surface area contributed by atoms with Crippen molar-refractivity contribution in [2.75, 3.05) is 39.4 Å². The molecule has 24 heavy (non-hydrogen) atoms. The lowest BCUT2D eigenvalue weighted by atomic mass is 9.98. The minimum atomic E-state index is -3.52. The summed E-state index contributed by atoms with van der Waals surface area (Å²) in [6.45, 7) is 6.86. The SMILES string of the molecule is Cc1cc(S(=O)(=O)N2CCCC(C(=O)N3CCOCC3)C2)c(C)s1. The lowest BCUT2D eigenvalue weighted by molar-refractivity contribution is -0.140. The summed E-state index contributed by atoms with van der Waals surface area (Å²) in [5.74, 6) is -0.178. The highest BCUT2D eigenvalue weighted by Gasteiger charge is 2.36. The van der Waals surface area contributed by atoms with E-state index >= 15 is 0 Å². The second kappa shape index (κ2) is 7.11. The quantitative estimate of drug-likeness (QED) is 0.809. The summed E-state index contributed by atoms with van der Waals surface area (Å²) in [6, 6.07) is 1.74. The average Bonchev–Trinajstić information content (AvgIpc) is 2.94. The molecule has 0 N–H and O–H groups in total. The number of aryl methyl sites for hydroxylation is 2. The molecule has 2 saturated heterocycles. The van der Waals surface area contributed by atoms with Crippen molar-refractivity contribution in [3.63, 3.8) is 0 Å². The first-order valence-corrected chi connectivity index (χ1v) is 10.6. The Morgan fingerprint density at radius 3 is 2.58 bits per heavy atom. The van der Waals surface area contributed by atoms with Crippen LogP contribution in [-0.4, -0.2) is 62.9 Å². The number of ether oxygens (including phenoxy) is 1. The molecule has 1 amide bonds. The summed E-state index contributed by atoms with van der Waals surface area (Å²) in [6.07, 6.45) is 1.48. The first kappa shape index (κ1) is 17.8. The summed E-state index contributed by atoms with van der Waals surface area (Å²) in [7, 11) is -3.52. The van der Waals surface area contributed by atoms with Crippen LogP contribution in [0.25, 0.3) is 0 Å². The van der Waals surface area contributed by atoms with E-state index in [0.717, 1.165) is 22.6 Å². The molecule has 134 valence electrons. The van der Waals surface area contributed by atoms with E-state index in [1.807, 2.05) is 18.7 Å². The van der Waals surface area contributed by atoms with Gasteiger partial charge in [0.25, 0.3) is 0 Å². The molecular formula is C16H24N2O4S2. The fourth-order valence-electron chi connectivity index (χ4n) is 3.41. The van der Waals surface area contributed by atoms with E-state index in [0.29, 0.717) is 37.7 Å². The lowest BCUT2D eigenvalue weighted by Crippen LogP contribution is -2.49. The molecule has 1 atom stereocenters. The van der Waals surface area contributed by atoms with Crippen molar-refractivity contribution in [1.29, 1.82) is 0 Å². The number of nitrogens with zero attached hydrogens (tertiary/aromatic N) is 2. The summed E-state index contributed by atoms with van der Waals surface area (Å²) in [4.78, 5) is 16.7. The molecule has 3 heterocycles. The molecule has 1 aromatic heterocycles. The fourth-order valence-corrected chi connectivity index (χ4v) is 6.45. The molecule has 1 unspecified atom stereocenters. The van der Waals surface area contributed by atoms with Gasteiger partial charge in [0.15, 0.2) is 0 Å². The van der Waals surface area contributed by atoms with Crippen LogP contribution in [0.3, 0.4) is 0 Å². The minimum absolute atomic E-state index is 0.0661. The highest BCUT2D eigenvalue weighted by Crippen LogP contribution is 2.30. The Labute approximate surface area is 147 Å².